The summed E-state index contributed by atoms with van der Waals surface area (Å²) in [7, 11) is 1.33. The molecule has 33 heavy (non-hydrogen) atoms. The molecule has 170 valence electrons. The van der Waals surface area contributed by atoms with Crippen LogP contribution in [0.2, 0.25) is 0 Å². The van der Waals surface area contributed by atoms with Gasteiger partial charge >= 0.3 is 5.97 Å². The molecule has 2 N–H and O–H groups in total. The van der Waals surface area contributed by atoms with Crippen LogP contribution in [0.15, 0.2) is 53.6 Å². The molecule has 4 rings (SSSR count). The van der Waals surface area contributed by atoms with E-state index in [9.17, 15) is 9.18 Å². The molecule has 0 atom stereocenters. The Labute approximate surface area is 189 Å². The fraction of sp³-hybridized carbons (Fsp3) is 0.227. The molecule has 0 radical (unpaired) electrons. The lowest BCUT2D eigenvalue weighted by atomic mass is 10.1. The van der Waals surface area contributed by atoms with Gasteiger partial charge < -0.3 is 19.7 Å². The Bertz CT molecular complexity index is 1120. The number of rotatable bonds is 7. The van der Waals surface area contributed by atoms with E-state index in [0.29, 0.717) is 49.5 Å². The first-order valence-corrected chi connectivity index (χ1v) is 10.2. The van der Waals surface area contributed by atoms with Gasteiger partial charge in [-0.1, -0.05) is 12.1 Å². The summed E-state index contributed by atoms with van der Waals surface area (Å²) in [5.41, 5.74) is 4.67. The van der Waals surface area contributed by atoms with Crippen molar-refractivity contribution in [3.63, 3.8) is 0 Å². The van der Waals surface area contributed by atoms with E-state index in [4.69, 9.17) is 9.47 Å². The molecule has 2 aromatic carbocycles. The molecule has 1 aliphatic heterocycles. The minimum absolute atomic E-state index is 0.235. The van der Waals surface area contributed by atoms with Gasteiger partial charge in [0, 0.05) is 18.8 Å². The maximum atomic E-state index is 13.2. The molecule has 0 amide bonds. The fourth-order valence-corrected chi connectivity index (χ4v) is 3.03. The van der Waals surface area contributed by atoms with E-state index in [0.717, 1.165) is 5.56 Å². The quantitative estimate of drug-likeness (QED) is 0.318. The molecule has 1 aromatic heterocycles. The van der Waals surface area contributed by atoms with Crippen LogP contribution < -0.4 is 15.6 Å². The van der Waals surface area contributed by atoms with Gasteiger partial charge in [0.15, 0.2) is 0 Å². The van der Waals surface area contributed by atoms with Gasteiger partial charge in [-0.05, 0) is 42.0 Å². The van der Waals surface area contributed by atoms with Gasteiger partial charge in [-0.25, -0.2) is 14.6 Å². The summed E-state index contributed by atoms with van der Waals surface area (Å²) in [6, 6.07) is 12.7. The van der Waals surface area contributed by atoms with Crippen molar-refractivity contribution in [1.29, 1.82) is 0 Å². The second kappa shape index (κ2) is 10.5. The smallest absolute Gasteiger partial charge is 0.337 e. The number of benzene rings is 2. The summed E-state index contributed by atoms with van der Waals surface area (Å²) in [5.74, 6) is 0.259. The van der Waals surface area contributed by atoms with Crippen LogP contribution in [0.1, 0.15) is 15.9 Å². The van der Waals surface area contributed by atoms with E-state index in [1.165, 1.54) is 19.2 Å². The molecule has 1 aliphatic rings. The average molecular weight is 451 g/mol. The van der Waals surface area contributed by atoms with Gasteiger partial charge in [0.05, 0.1) is 32.1 Å². The van der Waals surface area contributed by atoms with Crippen LogP contribution in [0, 0.1) is 5.82 Å². The van der Waals surface area contributed by atoms with Gasteiger partial charge in [0.1, 0.15) is 5.82 Å². The van der Waals surface area contributed by atoms with E-state index < -0.39 is 5.97 Å². The number of nitrogens with one attached hydrogen (secondary N) is 2. The molecule has 11 heteroatoms. The number of methoxy groups -OCH3 is 1. The van der Waals surface area contributed by atoms with E-state index in [-0.39, 0.29) is 11.8 Å². The topological polar surface area (TPSA) is 114 Å². The van der Waals surface area contributed by atoms with Crippen molar-refractivity contribution < 1.29 is 18.7 Å². The molecule has 3 aromatic rings. The Morgan fingerprint density at radius 3 is 2.45 bits per heavy atom. The number of halogens is 1. The molecule has 10 nitrogen and oxygen atoms in total. The Morgan fingerprint density at radius 2 is 1.76 bits per heavy atom. The Balaban J connectivity index is 1.52. The maximum Gasteiger partial charge on any atom is 0.337 e. The zero-order chi connectivity index (χ0) is 23.0. The third kappa shape index (κ3) is 5.98. The zero-order valence-electron chi connectivity index (χ0n) is 17.9. The van der Waals surface area contributed by atoms with Gasteiger partial charge in [0.25, 0.3) is 0 Å². The summed E-state index contributed by atoms with van der Waals surface area (Å²) in [4.78, 5) is 26.8. The van der Waals surface area contributed by atoms with Crippen molar-refractivity contribution in [2.24, 2.45) is 5.10 Å². The first-order valence-electron chi connectivity index (χ1n) is 10.2. The predicted octanol–water partition coefficient (Wildman–Crippen LogP) is 2.82. The number of nitrogens with zero attached hydrogens (tertiary/aromatic N) is 5. The highest BCUT2D eigenvalue weighted by molar-refractivity contribution is 5.90. The largest absolute Gasteiger partial charge is 0.465 e. The highest BCUT2D eigenvalue weighted by Crippen LogP contribution is 2.19. The molecular formula is C22H22FN7O3. The van der Waals surface area contributed by atoms with Crippen LogP contribution in [0.3, 0.4) is 0 Å². The van der Waals surface area contributed by atoms with Crippen LogP contribution in [0.25, 0.3) is 0 Å². The highest BCUT2D eigenvalue weighted by Gasteiger charge is 2.16. The lowest BCUT2D eigenvalue weighted by Gasteiger charge is -2.27. The number of hydrogen-bond donors (Lipinski definition) is 2. The monoisotopic (exact) mass is 451 g/mol. The van der Waals surface area contributed by atoms with Crippen molar-refractivity contribution in [2.75, 3.05) is 49.1 Å². The van der Waals surface area contributed by atoms with Gasteiger partial charge in [-0.15, -0.1) is 0 Å². The molecule has 2 heterocycles. The first kappa shape index (κ1) is 22.1. The maximum absolute atomic E-state index is 13.2. The molecule has 0 spiro atoms. The Morgan fingerprint density at radius 1 is 1.06 bits per heavy atom. The number of aromatic nitrogens is 3. The number of carbonyl (C=O) groups excluding carboxylic acids is 1. The molecule has 1 saturated heterocycles. The lowest BCUT2D eigenvalue weighted by Crippen LogP contribution is -2.37. The second-order valence-electron chi connectivity index (χ2n) is 7.00. The van der Waals surface area contributed by atoms with Crippen LogP contribution >= 0.6 is 0 Å². The van der Waals surface area contributed by atoms with Crippen molar-refractivity contribution in [3.8, 4) is 0 Å². The third-order valence-electron chi connectivity index (χ3n) is 4.73. The van der Waals surface area contributed by atoms with Gasteiger partial charge in [-0.2, -0.15) is 20.1 Å². The van der Waals surface area contributed by atoms with Crippen molar-refractivity contribution in [1.82, 2.24) is 15.0 Å². The lowest BCUT2D eigenvalue weighted by molar-refractivity contribution is 0.0600. The van der Waals surface area contributed by atoms with Crippen LogP contribution in [-0.2, 0) is 9.47 Å². The van der Waals surface area contributed by atoms with E-state index in [1.54, 1.807) is 42.6 Å². The van der Waals surface area contributed by atoms with E-state index in [2.05, 4.69) is 30.8 Å². The van der Waals surface area contributed by atoms with Crippen molar-refractivity contribution >= 4 is 35.7 Å². The Hall–Kier alpha value is -4.12. The summed E-state index contributed by atoms with van der Waals surface area (Å²) < 4.78 is 23.3. The fourth-order valence-electron chi connectivity index (χ4n) is 3.03. The Kier molecular flexibility index (Phi) is 7.00. The van der Waals surface area contributed by atoms with Gasteiger partial charge in [0.2, 0.25) is 17.8 Å². The molecule has 0 saturated carbocycles. The summed E-state index contributed by atoms with van der Waals surface area (Å²) in [6.45, 7) is 2.45. The zero-order valence-corrected chi connectivity index (χ0v) is 17.9. The molecule has 0 aliphatic carbocycles. The normalized spacial score (nSPS) is 13.7. The molecule has 0 unspecified atom stereocenters. The number of esters is 1. The second-order valence-corrected chi connectivity index (χ2v) is 7.00. The molecule has 1 fully saturated rings. The standard InChI is InChI=1S/C22H22FN7O3/c1-32-19(31)16-4-2-15(3-5-16)14-24-29-21-26-20(25-18-8-6-17(23)7-9-18)27-22(28-21)30-10-12-33-13-11-30/h2-9,14H,10-13H2,1H3,(H2,25,26,27,28,29)/b24-14-. The third-order valence-corrected chi connectivity index (χ3v) is 4.73. The number of anilines is 4. The molecular weight excluding hydrogens is 429 g/mol. The predicted molar refractivity (Wildman–Crippen MR) is 122 cm³/mol. The highest BCUT2D eigenvalue weighted by atomic mass is 19.1. The molecule has 0 bridgehead atoms. The summed E-state index contributed by atoms with van der Waals surface area (Å²) >= 11 is 0. The van der Waals surface area contributed by atoms with E-state index >= 15 is 0 Å². The summed E-state index contributed by atoms with van der Waals surface area (Å²) in [5, 5.41) is 7.25. The van der Waals surface area contributed by atoms with Gasteiger partial charge in [-0.3, -0.25) is 0 Å². The van der Waals surface area contributed by atoms with Crippen LogP contribution in [-0.4, -0.2) is 60.5 Å². The average Bonchev–Trinajstić information content (AvgIpc) is 2.86. The minimum Gasteiger partial charge on any atom is -0.465 e. The van der Waals surface area contributed by atoms with Crippen molar-refractivity contribution in [2.45, 2.75) is 0 Å². The number of hydrazone groups is 1. The summed E-state index contributed by atoms with van der Waals surface area (Å²) in [6.07, 6.45) is 1.58. The SMILES string of the molecule is COC(=O)c1ccc(/C=N\Nc2nc(Nc3ccc(F)cc3)nc(N3CCOCC3)n2)cc1. The number of morpholine rings is 1. The first-order chi connectivity index (χ1) is 16.1. The minimum atomic E-state index is -0.404. The van der Waals surface area contributed by atoms with Crippen molar-refractivity contribution in [3.05, 3.63) is 65.5 Å². The van der Waals surface area contributed by atoms with E-state index in [1.807, 2.05) is 4.90 Å². The number of hydrogen-bond acceptors (Lipinski definition) is 10. The van der Waals surface area contributed by atoms with Crippen LogP contribution in [0.5, 0.6) is 0 Å². The number of ether oxygens (including phenoxy) is 2. The number of carbonyl (C=O) groups is 1. The van der Waals surface area contributed by atoms with Crippen LogP contribution in [0.4, 0.5) is 27.9 Å².